The van der Waals surface area contributed by atoms with Gasteiger partial charge in [0, 0.05) is 17.7 Å². The van der Waals surface area contributed by atoms with Crippen molar-refractivity contribution in [2.75, 3.05) is 7.11 Å². The molecule has 0 bridgehead atoms. The Morgan fingerprint density at radius 3 is 1.95 bits per heavy atom. The maximum absolute atomic E-state index is 10.7. The summed E-state index contributed by atoms with van der Waals surface area (Å²) in [6.45, 7) is 0. The maximum atomic E-state index is 10.7. The number of ether oxygens (including phenoxy) is 2. The Labute approximate surface area is 212 Å². The van der Waals surface area contributed by atoms with Crippen LogP contribution >= 0.6 is 0 Å². The number of hydrogen-bond donors (Lipinski definition) is 6. The average molecular weight is 501 g/mol. The number of aromatic hydroxyl groups is 6. The second-order valence-electron chi connectivity index (χ2n) is 8.76. The fourth-order valence-corrected chi connectivity index (χ4v) is 4.68. The Bertz CT molecular complexity index is 1480. The van der Waals surface area contributed by atoms with Crippen molar-refractivity contribution in [3.63, 3.8) is 0 Å². The molecule has 0 aromatic heterocycles. The molecular formula is C29H24O8. The average Bonchev–Trinajstić information content (AvgIpc) is 3.22. The molecule has 1 aliphatic heterocycles. The largest absolute Gasteiger partial charge is 0.508 e. The van der Waals surface area contributed by atoms with Gasteiger partial charge in [-0.15, -0.1) is 0 Å². The third-order valence-electron chi connectivity index (χ3n) is 6.27. The van der Waals surface area contributed by atoms with E-state index in [-0.39, 0.29) is 40.2 Å². The molecule has 8 heteroatoms. The number of benzene rings is 4. The van der Waals surface area contributed by atoms with E-state index >= 15 is 0 Å². The van der Waals surface area contributed by atoms with Gasteiger partial charge in [0.05, 0.1) is 18.6 Å². The smallest absolute Gasteiger partial charge is 0.160 e. The maximum Gasteiger partial charge on any atom is 0.160 e. The second kappa shape index (κ2) is 9.23. The van der Waals surface area contributed by atoms with Crippen molar-refractivity contribution in [3.05, 3.63) is 94.5 Å². The van der Waals surface area contributed by atoms with E-state index in [2.05, 4.69) is 0 Å². The van der Waals surface area contributed by atoms with Crippen LogP contribution in [0, 0.1) is 0 Å². The van der Waals surface area contributed by atoms with Crippen LogP contribution in [0.5, 0.6) is 46.0 Å². The van der Waals surface area contributed by atoms with Crippen LogP contribution < -0.4 is 9.47 Å². The highest BCUT2D eigenvalue weighted by Crippen LogP contribution is 2.54. The first kappa shape index (κ1) is 23.7. The zero-order chi connectivity index (χ0) is 26.3. The van der Waals surface area contributed by atoms with Crippen molar-refractivity contribution in [1.82, 2.24) is 0 Å². The van der Waals surface area contributed by atoms with E-state index in [9.17, 15) is 30.6 Å². The SMILES string of the molecule is COc1cc(C2Oc3c(ccc(O)c3C=Cc3cc(O)cc(O)c3)C2c2cc(O)cc(O)c2)ccc1O. The molecular weight excluding hydrogens is 476 g/mol. The predicted octanol–water partition coefficient (Wildman–Crippen LogP) is 5.36. The Hall–Kier alpha value is -4.98. The van der Waals surface area contributed by atoms with Gasteiger partial charge in [-0.25, -0.2) is 0 Å². The summed E-state index contributed by atoms with van der Waals surface area (Å²) in [4.78, 5) is 0. The highest BCUT2D eigenvalue weighted by Gasteiger charge is 2.39. The van der Waals surface area contributed by atoms with Crippen molar-refractivity contribution in [2.24, 2.45) is 0 Å². The summed E-state index contributed by atoms with van der Waals surface area (Å²) < 4.78 is 11.7. The van der Waals surface area contributed by atoms with Gasteiger partial charge in [0.25, 0.3) is 0 Å². The summed E-state index contributed by atoms with van der Waals surface area (Å²) in [6, 6.07) is 16.5. The van der Waals surface area contributed by atoms with Crippen molar-refractivity contribution in [3.8, 4) is 46.0 Å². The molecule has 0 radical (unpaired) electrons. The molecule has 0 saturated heterocycles. The fourth-order valence-electron chi connectivity index (χ4n) is 4.68. The molecule has 8 nitrogen and oxygen atoms in total. The van der Waals surface area contributed by atoms with Crippen molar-refractivity contribution >= 4 is 12.2 Å². The number of hydrogen-bond acceptors (Lipinski definition) is 8. The molecule has 4 aromatic carbocycles. The Balaban J connectivity index is 1.66. The number of rotatable bonds is 5. The number of methoxy groups -OCH3 is 1. The molecule has 2 atom stereocenters. The van der Waals surface area contributed by atoms with Crippen LogP contribution in [0.2, 0.25) is 0 Å². The van der Waals surface area contributed by atoms with Gasteiger partial charge < -0.3 is 40.1 Å². The molecule has 4 aromatic rings. The van der Waals surface area contributed by atoms with Gasteiger partial charge >= 0.3 is 0 Å². The van der Waals surface area contributed by atoms with Gasteiger partial charge in [-0.2, -0.15) is 0 Å². The molecule has 2 unspecified atom stereocenters. The Morgan fingerprint density at radius 1 is 0.676 bits per heavy atom. The molecule has 5 rings (SSSR count). The summed E-state index contributed by atoms with van der Waals surface area (Å²) in [7, 11) is 1.44. The first-order chi connectivity index (χ1) is 17.7. The Kier molecular flexibility index (Phi) is 5.93. The lowest BCUT2D eigenvalue weighted by molar-refractivity contribution is 0.220. The summed E-state index contributed by atoms with van der Waals surface area (Å²) in [5.74, 6) is -0.413. The zero-order valence-electron chi connectivity index (χ0n) is 19.7. The number of fused-ring (bicyclic) bond motifs is 1. The summed E-state index contributed by atoms with van der Waals surface area (Å²) in [5.41, 5.74) is 2.79. The van der Waals surface area contributed by atoms with Crippen LogP contribution in [0.15, 0.2) is 66.7 Å². The first-order valence-electron chi connectivity index (χ1n) is 11.4. The topological polar surface area (TPSA) is 140 Å². The molecule has 0 fully saturated rings. The number of phenolic OH excluding ortho intramolecular Hbond substituents is 6. The van der Waals surface area contributed by atoms with Gasteiger partial charge in [-0.3, -0.25) is 0 Å². The second-order valence-corrected chi connectivity index (χ2v) is 8.76. The van der Waals surface area contributed by atoms with Crippen LogP contribution in [0.25, 0.3) is 12.2 Å². The van der Waals surface area contributed by atoms with E-state index in [1.807, 2.05) is 0 Å². The predicted molar refractivity (Wildman–Crippen MR) is 136 cm³/mol. The van der Waals surface area contributed by atoms with E-state index in [4.69, 9.17) is 9.47 Å². The molecule has 0 amide bonds. The van der Waals surface area contributed by atoms with Crippen molar-refractivity contribution in [1.29, 1.82) is 0 Å². The van der Waals surface area contributed by atoms with Gasteiger partial charge in [-0.05, 0) is 65.2 Å². The lowest BCUT2D eigenvalue weighted by atomic mass is 9.84. The standard InChI is InChI=1S/C29H24O8/c1-36-26-12-16(3-6-25(26)35)28-27(17-10-20(32)14-21(33)11-17)23-5-7-24(34)22(29(23)37-28)4-2-15-8-18(30)13-19(31)9-15/h2-14,27-28,30-35H,1H3. The monoisotopic (exact) mass is 500 g/mol. The zero-order valence-corrected chi connectivity index (χ0v) is 19.7. The van der Waals surface area contributed by atoms with E-state index in [1.165, 1.54) is 55.6 Å². The molecule has 1 heterocycles. The summed E-state index contributed by atoms with van der Waals surface area (Å²) in [6.07, 6.45) is 2.56. The third-order valence-corrected chi connectivity index (χ3v) is 6.27. The minimum atomic E-state index is -0.663. The molecule has 1 aliphatic rings. The quantitative estimate of drug-likeness (QED) is 0.201. The van der Waals surface area contributed by atoms with Gasteiger partial charge in [0.1, 0.15) is 40.6 Å². The highest BCUT2D eigenvalue weighted by atomic mass is 16.5. The molecule has 6 N–H and O–H groups in total. The normalized spacial score (nSPS) is 16.5. The van der Waals surface area contributed by atoms with E-state index in [0.717, 1.165) is 0 Å². The van der Waals surface area contributed by atoms with Gasteiger partial charge in [0.2, 0.25) is 0 Å². The van der Waals surface area contributed by atoms with Crippen LogP contribution in [0.3, 0.4) is 0 Å². The Morgan fingerprint density at radius 2 is 1.30 bits per heavy atom. The van der Waals surface area contributed by atoms with Crippen LogP contribution in [-0.4, -0.2) is 37.7 Å². The van der Waals surface area contributed by atoms with Crippen molar-refractivity contribution < 1.29 is 40.1 Å². The molecule has 0 aliphatic carbocycles. The van der Waals surface area contributed by atoms with Crippen molar-refractivity contribution in [2.45, 2.75) is 12.0 Å². The minimum Gasteiger partial charge on any atom is -0.508 e. The highest BCUT2D eigenvalue weighted by molar-refractivity contribution is 5.78. The first-order valence-corrected chi connectivity index (χ1v) is 11.4. The van der Waals surface area contributed by atoms with Crippen LogP contribution in [0.4, 0.5) is 0 Å². The minimum absolute atomic E-state index is 0.0380. The number of phenols is 6. The van der Waals surface area contributed by atoms with Crippen LogP contribution in [0.1, 0.15) is 39.8 Å². The molecule has 0 saturated carbocycles. The molecule has 37 heavy (non-hydrogen) atoms. The summed E-state index contributed by atoms with van der Waals surface area (Å²) in [5, 5.41) is 60.8. The lowest BCUT2D eigenvalue weighted by Crippen LogP contribution is -2.11. The summed E-state index contributed by atoms with van der Waals surface area (Å²) >= 11 is 0. The fraction of sp³-hybridized carbons (Fsp3) is 0.103. The van der Waals surface area contributed by atoms with Gasteiger partial charge in [-0.1, -0.05) is 18.2 Å². The van der Waals surface area contributed by atoms with Gasteiger partial charge in [0.15, 0.2) is 11.5 Å². The lowest BCUT2D eigenvalue weighted by Gasteiger charge is -2.21. The van der Waals surface area contributed by atoms with E-state index in [0.29, 0.717) is 33.6 Å². The molecule has 0 spiro atoms. The van der Waals surface area contributed by atoms with Crippen LogP contribution in [-0.2, 0) is 0 Å². The van der Waals surface area contributed by atoms with E-state index in [1.54, 1.807) is 30.4 Å². The molecule has 188 valence electrons. The van der Waals surface area contributed by atoms with E-state index < -0.39 is 12.0 Å². The third kappa shape index (κ3) is 4.52.